The van der Waals surface area contributed by atoms with E-state index in [0.717, 1.165) is 31.4 Å². The van der Waals surface area contributed by atoms with Crippen LogP contribution in [-0.2, 0) is 21.6 Å². The van der Waals surface area contributed by atoms with Crippen LogP contribution in [0.3, 0.4) is 0 Å². The van der Waals surface area contributed by atoms with Crippen LogP contribution in [0.15, 0.2) is 59.3 Å². The Morgan fingerprint density at radius 1 is 1.16 bits per heavy atom. The molecule has 1 saturated carbocycles. The van der Waals surface area contributed by atoms with E-state index < -0.39 is 0 Å². The third kappa shape index (κ3) is 4.72. The fourth-order valence-corrected chi connectivity index (χ4v) is 4.61. The van der Waals surface area contributed by atoms with Gasteiger partial charge in [-0.15, -0.1) is 0 Å². The fraction of sp³-hybridized carbons (Fsp3) is 0.440. The number of hydrogen-bond donors (Lipinski definition) is 0. The number of carbonyl (C=O) groups excluding carboxylic acids is 1. The third-order valence-corrected chi connectivity index (χ3v) is 6.43. The van der Waals surface area contributed by atoms with Gasteiger partial charge in [0.15, 0.2) is 5.82 Å². The highest BCUT2D eigenvalue weighted by molar-refractivity contribution is 5.77. The van der Waals surface area contributed by atoms with Gasteiger partial charge in [0.2, 0.25) is 5.91 Å². The molecule has 3 heterocycles. The van der Waals surface area contributed by atoms with Crippen LogP contribution in [0.25, 0.3) is 11.6 Å². The van der Waals surface area contributed by atoms with E-state index in [2.05, 4.69) is 10.1 Å². The van der Waals surface area contributed by atoms with Crippen molar-refractivity contribution in [2.24, 2.45) is 5.92 Å². The number of rotatable bonds is 8. The Labute approximate surface area is 187 Å². The normalized spacial score (nSPS) is 20.9. The largest absolute Gasteiger partial charge is 0.367 e. The van der Waals surface area contributed by atoms with Gasteiger partial charge < -0.3 is 14.2 Å². The lowest BCUT2D eigenvalue weighted by molar-refractivity contribution is -0.139. The molecule has 0 radical (unpaired) electrons. The maximum Gasteiger partial charge on any atom is 0.276 e. The van der Waals surface area contributed by atoms with Gasteiger partial charge in [0, 0.05) is 19.3 Å². The van der Waals surface area contributed by atoms with E-state index in [9.17, 15) is 4.79 Å². The number of hydrogen-bond acceptors (Lipinski definition) is 6. The predicted octanol–water partition coefficient (Wildman–Crippen LogP) is 4.01. The maximum absolute atomic E-state index is 13.0. The van der Waals surface area contributed by atoms with Crippen molar-refractivity contribution < 1.29 is 14.1 Å². The van der Waals surface area contributed by atoms with Gasteiger partial charge in [-0.3, -0.25) is 9.78 Å². The zero-order valence-electron chi connectivity index (χ0n) is 18.2. The van der Waals surface area contributed by atoms with Crippen molar-refractivity contribution in [3.63, 3.8) is 0 Å². The average molecular weight is 433 g/mol. The first kappa shape index (κ1) is 20.8. The minimum atomic E-state index is -0.273. The van der Waals surface area contributed by atoms with Crippen LogP contribution in [0, 0.1) is 5.92 Å². The number of pyridine rings is 1. The number of piperidine rings is 1. The smallest absolute Gasteiger partial charge is 0.276 e. The molecule has 1 saturated heterocycles. The maximum atomic E-state index is 13.0. The van der Waals surface area contributed by atoms with Crippen molar-refractivity contribution in [2.45, 2.75) is 44.1 Å². The summed E-state index contributed by atoms with van der Waals surface area (Å²) in [5.74, 6) is 1.84. The zero-order chi connectivity index (χ0) is 21.8. The Morgan fingerprint density at radius 3 is 2.78 bits per heavy atom. The van der Waals surface area contributed by atoms with Crippen molar-refractivity contribution >= 4 is 5.91 Å². The number of ether oxygens (including phenoxy) is 1. The average Bonchev–Trinajstić information content (AvgIpc) is 3.50. The van der Waals surface area contributed by atoms with Gasteiger partial charge in [-0.25, -0.2) is 0 Å². The van der Waals surface area contributed by atoms with Gasteiger partial charge in [-0.2, -0.15) is 4.98 Å². The molecule has 0 N–H and O–H groups in total. The van der Waals surface area contributed by atoms with Crippen LogP contribution in [0.1, 0.15) is 43.5 Å². The highest BCUT2D eigenvalue weighted by Gasteiger charge is 2.45. The monoisotopic (exact) mass is 432 g/mol. The minimum absolute atomic E-state index is 0.0225. The summed E-state index contributed by atoms with van der Waals surface area (Å²) in [6.45, 7) is 1.87. The Bertz CT molecular complexity index is 1040. The van der Waals surface area contributed by atoms with Gasteiger partial charge in [0.25, 0.3) is 5.89 Å². The number of likely N-dealkylation sites (tertiary alicyclic amines) is 1. The van der Waals surface area contributed by atoms with Gasteiger partial charge >= 0.3 is 0 Å². The standard InChI is InChI=1S/C25H28N4O3/c30-22(17-31-16-20-7-2-1-3-8-20)29-14-6-12-25(18-29,15-19-10-11-19)24-27-23(32-28-24)21-9-4-5-13-26-21/h1-5,7-9,13,19H,6,10-12,14-18H2. The second-order valence-electron chi connectivity index (χ2n) is 8.96. The van der Waals surface area contributed by atoms with Gasteiger partial charge in [-0.05, 0) is 42.9 Å². The first-order valence-corrected chi connectivity index (χ1v) is 11.4. The third-order valence-electron chi connectivity index (χ3n) is 6.43. The molecule has 32 heavy (non-hydrogen) atoms. The molecule has 1 aliphatic heterocycles. The molecule has 2 aliphatic rings. The zero-order valence-corrected chi connectivity index (χ0v) is 18.2. The summed E-state index contributed by atoms with van der Waals surface area (Å²) in [5, 5.41) is 4.37. The van der Waals surface area contributed by atoms with Crippen LogP contribution in [0.4, 0.5) is 0 Å². The summed E-state index contributed by atoms with van der Waals surface area (Å²) in [6, 6.07) is 15.6. The van der Waals surface area contributed by atoms with Crippen molar-refractivity contribution in [1.82, 2.24) is 20.0 Å². The molecule has 1 unspecified atom stereocenters. The number of carbonyl (C=O) groups is 1. The van der Waals surface area contributed by atoms with E-state index >= 15 is 0 Å². The minimum Gasteiger partial charge on any atom is -0.367 e. The van der Waals surface area contributed by atoms with Crippen LogP contribution in [-0.4, -0.2) is 45.6 Å². The molecule has 7 nitrogen and oxygen atoms in total. The number of amides is 1. The lowest BCUT2D eigenvalue weighted by atomic mass is 9.75. The Hall–Kier alpha value is -3.06. The lowest BCUT2D eigenvalue weighted by Gasteiger charge is -2.41. The SMILES string of the molecule is O=C(COCc1ccccc1)N1CCCC(CC2CC2)(c2noc(-c3ccccn3)n2)C1. The molecule has 166 valence electrons. The van der Waals surface area contributed by atoms with Crippen LogP contribution in [0.2, 0.25) is 0 Å². The fourth-order valence-electron chi connectivity index (χ4n) is 4.61. The quantitative estimate of drug-likeness (QED) is 0.535. The molecule has 1 aliphatic carbocycles. The molecular formula is C25H28N4O3. The molecule has 7 heteroatoms. The Morgan fingerprint density at radius 2 is 2.00 bits per heavy atom. The van der Waals surface area contributed by atoms with Crippen molar-refractivity contribution in [2.75, 3.05) is 19.7 Å². The molecule has 0 spiro atoms. The number of aromatic nitrogens is 3. The number of nitrogens with zero attached hydrogens (tertiary/aromatic N) is 4. The van der Waals surface area contributed by atoms with E-state index in [4.69, 9.17) is 14.2 Å². The molecular weight excluding hydrogens is 404 g/mol. The van der Waals surface area contributed by atoms with Gasteiger partial charge in [-0.1, -0.05) is 54.4 Å². The molecule has 2 aromatic heterocycles. The summed E-state index contributed by atoms with van der Waals surface area (Å²) in [6.07, 6.45) is 7.06. The topological polar surface area (TPSA) is 81.4 Å². The molecule has 3 aromatic rings. The molecule has 0 bridgehead atoms. The molecule has 1 amide bonds. The van der Waals surface area contributed by atoms with E-state index in [0.29, 0.717) is 36.5 Å². The summed E-state index contributed by atoms with van der Waals surface area (Å²) < 4.78 is 11.3. The van der Waals surface area contributed by atoms with Crippen LogP contribution >= 0.6 is 0 Å². The molecule has 5 rings (SSSR count). The highest BCUT2D eigenvalue weighted by Crippen LogP contribution is 2.45. The second-order valence-corrected chi connectivity index (χ2v) is 8.96. The predicted molar refractivity (Wildman–Crippen MR) is 118 cm³/mol. The first-order valence-electron chi connectivity index (χ1n) is 11.4. The lowest BCUT2D eigenvalue weighted by Crippen LogP contribution is -2.50. The van der Waals surface area contributed by atoms with E-state index in [1.807, 2.05) is 53.4 Å². The van der Waals surface area contributed by atoms with Gasteiger partial charge in [0.05, 0.1) is 12.0 Å². The summed E-state index contributed by atoms with van der Waals surface area (Å²) in [5.41, 5.74) is 1.46. The molecule has 2 fully saturated rings. The summed E-state index contributed by atoms with van der Waals surface area (Å²) in [7, 11) is 0. The highest BCUT2D eigenvalue weighted by atomic mass is 16.5. The molecule has 1 atom stereocenters. The van der Waals surface area contributed by atoms with Gasteiger partial charge in [0.1, 0.15) is 12.3 Å². The van der Waals surface area contributed by atoms with E-state index in [1.54, 1.807) is 6.20 Å². The molecule has 1 aromatic carbocycles. The van der Waals surface area contributed by atoms with Crippen molar-refractivity contribution in [1.29, 1.82) is 0 Å². The van der Waals surface area contributed by atoms with E-state index in [1.165, 1.54) is 12.8 Å². The Kier molecular flexibility index (Phi) is 5.99. The first-order chi connectivity index (χ1) is 15.7. The summed E-state index contributed by atoms with van der Waals surface area (Å²) in [4.78, 5) is 24.0. The number of benzene rings is 1. The van der Waals surface area contributed by atoms with E-state index in [-0.39, 0.29) is 17.9 Å². The van der Waals surface area contributed by atoms with Crippen molar-refractivity contribution in [3.05, 3.63) is 66.1 Å². The second kappa shape index (κ2) is 9.20. The van der Waals surface area contributed by atoms with Crippen molar-refractivity contribution in [3.8, 4) is 11.6 Å². The summed E-state index contributed by atoms with van der Waals surface area (Å²) >= 11 is 0. The Balaban J connectivity index is 1.29. The van der Waals surface area contributed by atoms with Crippen LogP contribution < -0.4 is 0 Å². The van der Waals surface area contributed by atoms with Crippen LogP contribution in [0.5, 0.6) is 0 Å².